The van der Waals surface area contributed by atoms with E-state index in [0.717, 1.165) is 18.4 Å². The summed E-state index contributed by atoms with van der Waals surface area (Å²) < 4.78 is 52.5. The van der Waals surface area contributed by atoms with Crippen LogP contribution in [0.25, 0.3) is 0 Å². The van der Waals surface area contributed by atoms with E-state index in [0.29, 0.717) is 36.8 Å². The third kappa shape index (κ3) is 4.38. The molecule has 2 aliphatic rings. The molecule has 154 valence electrons. The van der Waals surface area contributed by atoms with Crippen molar-refractivity contribution in [1.82, 2.24) is 9.88 Å². The highest BCUT2D eigenvalue weighted by atomic mass is 19.4. The number of likely N-dealkylation sites (tertiary alicyclic amines) is 1. The van der Waals surface area contributed by atoms with Crippen molar-refractivity contribution >= 4 is 5.91 Å². The van der Waals surface area contributed by atoms with Gasteiger partial charge in [-0.3, -0.25) is 4.79 Å². The SMILES string of the molecule is O=C(c1ccc(OCC(F)(F)F)nc1)N1CCCC1c1ccc2c(c1)OCCO2. The number of pyridine rings is 1. The van der Waals surface area contributed by atoms with Crippen LogP contribution in [0.5, 0.6) is 17.4 Å². The predicted molar refractivity (Wildman–Crippen MR) is 96.2 cm³/mol. The molecule has 1 amide bonds. The lowest BCUT2D eigenvalue weighted by Crippen LogP contribution is -2.30. The molecule has 1 aromatic heterocycles. The molecule has 0 saturated carbocycles. The molecule has 3 heterocycles. The summed E-state index contributed by atoms with van der Waals surface area (Å²) >= 11 is 0. The molecule has 4 rings (SSSR count). The maximum Gasteiger partial charge on any atom is 0.422 e. The number of halogens is 3. The van der Waals surface area contributed by atoms with Crippen molar-refractivity contribution < 1.29 is 32.2 Å². The number of amides is 1. The normalized spacial score (nSPS) is 18.6. The van der Waals surface area contributed by atoms with Gasteiger partial charge in [0.15, 0.2) is 18.1 Å². The minimum absolute atomic E-state index is 0.112. The molecule has 1 atom stereocenters. The van der Waals surface area contributed by atoms with E-state index >= 15 is 0 Å². The van der Waals surface area contributed by atoms with Crippen LogP contribution in [-0.4, -0.2) is 48.3 Å². The zero-order valence-electron chi connectivity index (χ0n) is 15.4. The molecule has 9 heteroatoms. The molecule has 6 nitrogen and oxygen atoms in total. The lowest BCUT2D eigenvalue weighted by molar-refractivity contribution is -0.154. The van der Waals surface area contributed by atoms with Crippen LogP contribution < -0.4 is 14.2 Å². The number of fused-ring (bicyclic) bond motifs is 1. The van der Waals surface area contributed by atoms with Crippen molar-refractivity contribution in [2.24, 2.45) is 0 Å². The first-order chi connectivity index (χ1) is 13.9. The van der Waals surface area contributed by atoms with Crippen molar-refractivity contribution in [3.05, 3.63) is 47.7 Å². The number of carbonyl (C=O) groups excluding carboxylic acids is 1. The Morgan fingerprint density at radius 1 is 1.17 bits per heavy atom. The molecule has 0 aliphatic carbocycles. The zero-order chi connectivity index (χ0) is 20.4. The first-order valence-corrected chi connectivity index (χ1v) is 9.27. The monoisotopic (exact) mass is 408 g/mol. The van der Waals surface area contributed by atoms with Crippen LogP contribution in [0.3, 0.4) is 0 Å². The van der Waals surface area contributed by atoms with Crippen LogP contribution in [0.2, 0.25) is 0 Å². The minimum Gasteiger partial charge on any atom is -0.486 e. The fraction of sp³-hybridized carbons (Fsp3) is 0.400. The Morgan fingerprint density at radius 3 is 2.69 bits per heavy atom. The van der Waals surface area contributed by atoms with E-state index in [4.69, 9.17) is 9.47 Å². The second-order valence-electron chi connectivity index (χ2n) is 6.85. The summed E-state index contributed by atoms with van der Waals surface area (Å²) in [6, 6.07) is 8.26. The predicted octanol–water partition coefficient (Wildman–Crippen LogP) is 3.77. The van der Waals surface area contributed by atoms with Crippen LogP contribution in [0.15, 0.2) is 36.5 Å². The lowest BCUT2D eigenvalue weighted by Gasteiger charge is -2.26. The van der Waals surface area contributed by atoms with Gasteiger partial charge in [-0.05, 0) is 36.6 Å². The molecule has 2 aromatic rings. The van der Waals surface area contributed by atoms with Gasteiger partial charge in [0.1, 0.15) is 13.2 Å². The summed E-state index contributed by atoms with van der Waals surface area (Å²) in [5.41, 5.74) is 1.26. The Morgan fingerprint density at radius 2 is 1.97 bits per heavy atom. The average Bonchev–Trinajstić information content (AvgIpc) is 3.21. The van der Waals surface area contributed by atoms with Gasteiger partial charge < -0.3 is 19.1 Å². The molecule has 0 bridgehead atoms. The molecular formula is C20H19F3N2O4. The van der Waals surface area contributed by atoms with Gasteiger partial charge in [0.25, 0.3) is 5.91 Å². The molecule has 0 N–H and O–H groups in total. The van der Waals surface area contributed by atoms with E-state index < -0.39 is 12.8 Å². The lowest BCUT2D eigenvalue weighted by atomic mass is 10.0. The number of benzene rings is 1. The fourth-order valence-corrected chi connectivity index (χ4v) is 3.54. The highest BCUT2D eigenvalue weighted by Gasteiger charge is 2.32. The maximum atomic E-state index is 13.0. The Bertz CT molecular complexity index is 886. The second-order valence-corrected chi connectivity index (χ2v) is 6.85. The Balaban J connectivity index is 1.48. The van der Waals surface area contributed by atoms with Gasteiger partial charge in [0.2, 0.25) is 5.88 Å². The number of rotatable bonds is 4. The van der Waals surface area contributed by atoms with Crippen molar-refractivity contribution in [3.63, 3.8) is 0 Å². The molecule has 1 saturated heterocycles. The van der Waals surface area contributed by atoms with Gasteiger partial charge in [-0.25, -0.2) is 4.98 Å². The fourth-order valence-electron chi connectivity index (χ4n) is 3.54. The second kappa shape index (κ2) is 7.81. The summed E-state index contributed by atoms with van der Waals surface area (Å²) in [7, 11) is 0. The first kappa shape index (κ1) is 19.4. The standard InChI is InChI=1S/C20H19F3N2O4/c21-20(22,23)12-29-18-6-4-14(11-24-18)19(26)25-7-1-2-15(25)13-3-5-16-17(10-13)28-9-8-27-16/h3-6,10-11,15H,1-2,7-9,12H2. The number of hydrogen-bond acceptors (Lipinski definition) is 5. The molecule has 0 spiro atoms. The molecule has 2 aliphatic heterocycles. The van der Waals surface area contributed by atoms with Gasteiger partial charge in [0.05, 0.1) is 11.6 Å². The average molecular weight is 408 g/mol. The summed E-state index contributed by atoms with van der Waals surface area (Å²) in [6.45, 7) is 0.157. The topological polar surface area (TPSA) is 60.9 Å². The summed E-state index contributed by atoms with van der Waals surface area (Å²) in [6.07, 6.45) is -1.54. The van der Waals surface area contributed by atoms with Gasteiger partial charge in [-0.2, -0.15) is 13.2 Å². The first-order valence-electron chi connectivity index (χ1n) is 9.27. The summed E-state index contributed by atoms with van der Waals surface area (Å²) in [5.74, 6) is 0.955. The Labute approximate surface area is 165 Å². The summed E-state index contributed by atoms with van der Waals surface area (Å²) in [4.78, 5) is 18.5. The summed E-state index contributed by atoms with van der Waals surface area (Å²) in [5, 5.41) is 0. The molecule has 0 radical (unpaired) electrons. The number of hydrogen-bond donors (Lipinski definition) is 0. The van der Waals surface area contributed by atoms with Gasteiger partial charge in [-0.1, -0.05) is 6.07 Å². The number of nitrogens with zero attached hydrogens (tertiary/aromatic N) is 2. The van der Waals surface area contributed by atoms with Gasteiger partial charge in [-0.15, -0.1) is 0 Å². The molecular weight excluding hydrogens is 389 g/mol. The van der Waals surface area contributed by atoms with E-state index in [9.17, 15) is 18.0 Å². The molecule has 1 unspecified atom stereocenters. The van der Waals surface area contributed by atoms with Crippen molar-refractivity contribution in [2.45, 2.75) is 25.1 Å². The minimum atomic E-state index is -4.44. The van der Waals surface area contributed by atoms with Crippen LogP contribution >= 0.6 is 0 Å². The smallest absolute Gasteiger partial charge is 0.422 e. The van der Waals surface area contributed by atoms with Crippen molar-refractivity contribution in [1.29, 1.82) is 0 Å². The Hall–Kier alpha value is -2.97. The highest BCUT2D eigenvalue weighted by Crippen LogP contribution is 2.38. The molecule has 29 heavy (non-hydrogen) atoms. The zero-order valence-corrected chi connectivity index (χ0v) is 15.4. The number of ether oxygens (including phenoxy) is 3. The maximum absolute atomic E-state index is 13.0. The highest BCUT2D eigenvalue weighted by molar-refractivity contribution is 5.94. The van der Waals surface area contributed by atoms with E-state index in [1.54, 1.807) is 4.90 Å². The number of alkyl halides is 3. The van der Waals surface area contributed by atoms with Crippen LogP contribution in [-0.2, 0) is 0 Å². The van der Waals surface area contributed by atoms with Gasteiger partial charge in [0, 0.05) is 18.8 Å². The van der Waals surface area contributed by atoms with Crippen LogP contribution in [0, 0.1) is 0 Å². The van der Waals surface area contributed by atoms with Crippen LogP contribution in [0.1, 0.15) is 34.8 Å². The van der Waals surface area contributed by atoms with E-state index in [-0.39, 0.29) is 17.8 Å². The van der Waals surface area contributed by atoms with Crippen LogP contribution in [0.4, 0.5) is 13.2 Å². The Kier molecular flexibility index (Phi) is 5.21. The number of aromatic nitrogens is 1. The largest absolute Gasteiger partial charge is 0.486 e. The van der Waals surface area contributed by atoms with E-state index in [1.165, 1.54) is 18.3 Å². The third-order valence-electron chi connectivity index (χ3n) is 4.83. The molecule has 1 fully saturated rings. The van der Waals surface area contributed by atoms with E-state index in [1.807, 2.05) is 18.2 Å². The van der Waals surface area contributed by atoms with Gasteiger partial charge >= 0.3 is 6.18 Å². The number of carbonyl (C=O) groups is 1. The molecule has 1 aromatic carbocycles. The van der Waals surface area contributed by atoms with Crippen molar-refractivity contribution in [2.75, 3.05) is 26.4 Å². The van der Waals surface area contributed by atoms with Crippen molar-refractivity contribution in [3.8, 4) is 17.4 Å². The third-order valence-corrected chi connectivity index (χ3v) is 4.83. The van der Waals surface area contributed by atoms with E-state index in [2.05, 4.69) is 9.72 Å². The quantitative estimate of drug-likeness (QED) is 0.771.